The van der Waals surface area contributed by atoms with Crippen LogP contribution >= 0.6 is 0 Å². The van der Waals surface area contributed by atoms with Gasteiger partial charge < -0.3 is 14.8 Å². The number of nitrogens with one attached hydrogen (secondary N) is 1. The molecule has 0 saturated carbocycles. The maximum atomic E-state index is 13.5. The van der Waals surface area contributed by atoms with Crippen molar-refractivity contribution in [1.29, 1.82) is 0 Å². The minimum absolute atomic E-state index is 0.124. The van der Waals surface area contributed by atoms with Gasteiger partial charge in [-0.15, -0.1) is 0 Å². The van der Waals surface area contributed by atoms with Crippen molar-refractivity contribution in [3.05, 3.63) is 59.4 Å². The molecule has 0 saturated heterocycles. The fourth-order valence-corrected chi connectivity index (χ4v) is 2.15. The molecular formula is C20H20FNO5. The van der Waals surface area contributed by atoms with E-state index in [0.717, 1.165) is 0 Å². The molecule has 0 heterocycles. The average Bonchev–Trinajstić information content (AvgIpc) is 2.63. The van der Waals surface area contributed by atoms with Crippen molar-refractivity contribution >= 4 is 23.3 Å². The van der Waals surface area contributed by atoms with Crippen LogP contribution in [-0.2, 0) is 14.3 Å². The van der Waals surface area contributed by atoms with Crippen molar-refractivity contribution in [2.75, 3.05) is 11.9 Å². The summed E-state index contributed by atoms with van der Waals surface area (Å²) in [5.74, 6) is -1.57. The topological polar surface area (TPSA) is 81.7 Å². The van der Waals surface area contributed by atoms with Gasteiger partial charge in [-0.3, -0.25) is 9.59 Å². The Balaban J connectivity index is 1.85. The van der Waals surface area contributed by atoms with Crippen LogP contribution in [-0.4, -0.2) is 30.4 Å². The Hall–Kier alpha value is -3.22. The van der Waals surface area contributed by atoms with Crippen LogP contribution in [0.25, 0.3) is 0 Å². The van der Waals surface area contributed by atoms with Gasteiger partial charge in [0.15, 0.2) is 18.5 Å². The molecule has 0 aromatic heterocycles. The highest BCUT2D eigenvalue weighted by Gasteiger charge is 2.18. The largest absolute Gasteiger partial charge is 0.482 e. The first-order valence-corrected chi connectivity index (χ1v) is 8.26. The average molecular weight is 373 g/mol. The molecule has 0 spiro atoms. The summed E-state index contributed by atoms with van der Waals surface area (Å²) in [6.07, 6.45) is -1.09. The molecule has 2 rings (SSSR count). The molecule has 1 amide bonds. The van der Waals surface area contributed by atoms with Crippen molar-refractivity contribution in [1.82, 2.24) is 0 Å². The third-order valence-electron chi connectivity index (χ3n) is 3.71. The van der Waals surface area contributed by atoms with E-state index in [-0.39, 0.29) is 11.5 Å². The van der Waals surface area contributed by atoms with Crippen molar-refractivity contribution < 1.29 is 28.2 Å². The van der Waals surface area contributed by atoms with Gasteiger partial charge in [0.1, 0.15) is 11.6 Å². The first kappa shape index (κ1) is 20.1. The molecule has 0 fully saturated rings. The van der Waals surface area contributed by atoms with Gasteiger partial charge >= 0.3 is 5.97 Å². The minimum Gasteiger partial charge on any atom is -0.482 e. The van der Waals surface area contributed by atoms with Gasteiger partial charge in [0.25, 0.3) is 5.91 Å². The molecule has 27 heavy (non-hydrogen) atoms. The summed E-state index contributed by atoms with van der Waals surface area (Å²) in [5.41, 5.74) is 1.18. The minimum atomic E-state index is -1.09. The smallest absolute Gasteiger partial charge is 0.344 e. The number of carbonyl (C=O) groups is 3. The van der Waals surface area contributed by atoms with Crippen molar-refractivity contribution in [2.24, 2.45) is 0 Å². The molecular weight excluding hydrogens is 353 g/mol. The number of anilines is 1. The summed E-state index contributed by atoms with van der Waals surface area (Å²) in [6.45, 7) is 4.01. The third kappa shape index (κ3) is 5.91. The van der Waals surface area contributed by atoms with Crippen LogP contribution < -0.4 is 10.1 Å². The van der Waals surface area contributed by atoms with E-state index in [4.69, 9.17) is 9.47 Å². The normalized spacial score (nSPS) is 11.4. The third-order valence-corrected chi connectivity index (χ3v) is 3.71. The SMILES string of the molecule is CC(=O)c1cccc(OCC(=O)O[C@@H](C)C(=O)Nc2ccc(C)c(F)c2)c1. The zero-order chi connectivity index (χ0) is 20.0. The summed E-state index contributed by atoms with van der Waals surface area (Å²) >= 11 is 0. The lowest BCUT2D eigenvalue weighted by Crippen LogP contribution is -2.31. The standard InChI is InChI=1S/C20H20FNO5/c1-12-7-8-16(10-18(12)21)22-20(25)14(3)27-19(24)11-26-17-6-4-5-15(9-17)13(2)23/h4-10,14H,11H2,1-3H3,(H,22,25)/t14-/m0/s1. The highest BCUT2D eigenvalue weighted by atomic mass is 19.1. The number of Topliss-reactive ketones (excluding diaryl/α,β-unsaturated/α-hetero) is 1. The van der Waals surface area contributed by atoms with E-state index in [9.17, 15) is 18.8 Å². The first-order chi connectivity index (χ1) is 12.8. The molecule has 6 nitrogen and oxygen atoms in total. The molecule has 2 aromatic rings. The fourth-order valence-electron chi connectivity index (χ4n) is 2.15. The summed E-state index contributed by atoms with van der Waals surface area (Å²) in [5, 5.41) is 2.47. The second kappa shape index (κ2) is 8.93. The molecule has 0 aliphatic carbocycles. The number of esters is 1. The van der Waals surface area contributed by atoms with Gasteiger partial charge in [0, 0.05) is 11.3 Å². The number of rotatable bonds is 7. The molecule has 1 atom stereocenters. The van der Waals surface area contributed by atoms with Gasteiger partial charge in [-0.25, -0.2) is 9.18 Å². The molecule has 0 bridgehead atoms. The molecule has 142 valence electrons. The molecule has 0 aliphatic rings. The molecule has 0 aliphatic heterocycles. The van der Waals surface area contributed by atoms with Crippen LogP contribution in [0.3, 0.4) is 0 Å². The Morgan fingerprint density at radius 3 is 2.56 bits per heavy atom. The summed E-state index contributed by atoms with van der Waals surface area (Å²) < 4.78 is 23.8. The van der Waals surface area contributed by atoms with E-state index in [1.807, 2.05) is 0 Å². The van der Waals surface area contributed by atoms with Crippen LogP contribution in [0, 0.1) is 12.7 Å². The highest BCUT2D eigenvalue weighted by Crippen LogP contribution is 2.15. The number of ketones is 1. The molecule has 0 radical (unpaired) electrons. The maximum absolute atomic E-state index is 13.5. The number of carbonyl (C=O) groups excluding carboxylic acids is 3. The Labute approximate surface area is 156 Å². The number of ether oxygens (including phenoxy) is 2. The summed E-state index contributed by atoms with van der Waals surface area (Å²) in [4.78, 5) is 35.2. The Morgan fingerprint density at radius 2 is 1.89 bits per heavy atom. The monoisotopic (exact) mass is 373 g/mol. The number of amides is 1. The Morgan fingerprint density at radius 1 is 1.15 bits per heavy atom. The zero-order valence-corrected chi connectivity index (χ0v) is 15.2. The van der Waals surface area contributed by atoms with Crippen LogP contribution in [0.1, 0.15) is 29.8 Å². The molecule has 2 aromatic carbocycles. The van der Waals surface area contributed by atoms with Crippen LogP contribution in [0.4, 0.5) is 10.1 Å². The number of halogens is 1. The molecule has 1 N–H and O–H groups in total. The lowest BCUT2D eigenvalue weighted by Gasteiger charge is -2.14. The number of hydrogen-bond acceptors (Lipinski definition) is 5. The van der Waals surface area contributed by atoms with Gasteiger partial charge in [0.05, 0.1) is 0 Å². The van der Waals surface area contributed by atoms with E-state index < -0.39 is 30.4 Å². The number of benzene rings is 2. The van der Waals surface area contributed by atoms with Crippen molar-refractivity contribution in [2.45, 2.75) is 26.9 Å². The Bertz CT molecular complexity index is 865. The predicted molar refractivity (Wildman–Crippen MR) is 97.3 cm³/mol. The predicted octanol–water partition coefficient (Wildman–Crippen LogP) is 3.29. The van der Waals surface area contributed by atoms with E-state index >= 15 is 0 Å². The number of aryl methyl sites for hydroxylation is 1. The lowest BCUT2D eigenvalue weighted by atomic mass is 10.1. The molecule has 0 unspecified atom stereocenters. The second-order valence-corrected chi connectivity index (χ2v) is 5.96. The van der Waals surface area contributed by atoms with Gasteiger partial charge in [-0.1, -0.05) is 18.2 Å². The van der Waals surface area contributed by atoms with Gasteiger partial charge in [-0.05, 0) is 50.6 Å². The van der Waals surface area contributed by atoms with Crippen LogP contribution in [0.15, 0.2) is 42.5 Å². The zero-order valence-electron chi connectivity index (χ0n) is 15.2. The van der Waals surface area contributed by atoms with E-state index in [0.29, 0.717) is 16.9 Å². The summed E-state index contributed by atoms with van der Waals surface area (Å²) in [7, 11) is 0. The second-order valence-electron chi connectivity index (χ2n) is 5.96. The van der Waals surface area contributed by atoms with Gasteiger partial charge in [-0.2, -0.15) is 0 Å². The highest BCUT2D eigenvalue weighted by molar-refractivity contribution is 5.95. The van der Waals surface area contributed by atoms with E-state index in [1.54, 1.807) is 31.2 Å². The van der Waals surface area contributed by atoms with E-state index in [1.165, 1.54) is 32.0 Å². The van der Waals surface area contributed by atoms with Gasteiger partial charge in [0.2, 0.25) is 0 Å². The lowest BCUT2D eigenvalue weighted by molar-refractivity contribution is -0.155. The first-order valence-electron chi connectivity index (χ1n) is 8.26. The number of hydrogen-bond donors (Lipinski definition) is 1. The van der Waals surface area contributed by atoms with Crippen LogP contribution in [0.2, 0.25) is 0 Å². The summed E-state index contributed by atoms with van der Waals surface area (Å²) in [6, 6.07) is 10.6. The Kier molecular flexibility index (Phi) is 6.65. The van der Waals surface area contributed by atoms with Crippen molar-refractivity contribution in [3.63, 3.8) is 0 Å². The molecule has 7 heteroatoms. The van der Waals surface area contributed by atoms with E-state index in [2.05, 4.69) is 5.32 Å². The fraction of sp³-hybridized carbons (Fsp3) is 0.250. The maximum Gasteiger partial charge on any atom is 0.344 e. The van der Waals surface area contributed by atoms with Crippen molar-refractivity contribution in [3.8, 4) is 5.75 Å². The van der Waals surface area contributed by atoms with Crippen LogP contribution in [0.5, 0.6) is 5.75 Å². The quantitative estimate of drug-likeness (QED) is 0.595.